The van der Waals surface area contributed by atoms with E-state index in [1.807, 2.05) is 12.1 Å². The molecular weight excluding hydrogens is 388 g/mol. The number of hydrogen-bond acceptors (Lipinski definition) is 4. The summed E-state index contributed by atoms with van der Waals surface area (Å²) >= 11 is 0. The fourth-order valence-corrected chi connectivity index (χ4v) is 3.20. The van der Waals surface area contributed by atoms with Crippen molar-refractivity contribution >= 4 is 34.9 Å². The number of carboxylic acid groups (broad SMARTS) is 1. The largest absolute Gasteiger partial charge is 0.494 e. The minimum atomic E-state index is -1.28. The number of carbonyl (C=O) groups excluding carboxylic acids is 1. The molecule has 2 aromatic heterocycles. The van der Waals surface area contributed by atoms with Crippen LogP contribution in [0.2, 0.25) is 0 Å². The van der Waals surface area contributed by atoms with Crippen LogP contribution in [0, 0.1) is 6.92 Å². The molecular formula is C20H20N6O4. The number of hydrogen-bond donors (Lipinski definition) is 4. The van der Waals surface area contributed by atoms with E-state index in [1.54, 1.807) is 23.6 Å². The van der Waals surface area contributed by atoms with Crippen molar-refractivity contribution in [1.29, 1.82) is 0 Å². The molecule has 0 aliphatic rings. The second-order valence-corrected chi connectivity index (χ2v) is 6.34. The van der Waals surface area contributed by atoms with Crippen molar-refractivity contribution in [2.24, 2.45) is 27.2 Å². The Labute approximate surface area is 171 Å². The van der Waals surface area contributed by atoms with Crippen molar-refractivity contribution in [2.45, 2.75) is 6.92 Å². The quantitative estimate of drug-likeness (QED) is 0.281. The molecule has 154 valence electrons. The van der Waals surface area contributed by atoms with E-state index in [0.717, 1.165) is 5.52 Å². The lowest BCUT2D eigenvalue weighted by Gasteiger charge is -2.07. The number of aliphatic imine (C=N–C) groups is 2. The van der Waals surface area contributed by atoms with Gasteiger partial charge in [-0.3, -0.25) is 4.79 Å². The molecule has 3 rings (SSSR count). The van der Waals surface area contributed by atoms with Gasteiger partial charge in [-0.25, -0.2) is 9.79 Å². The van der Waals surface area contributed by atoms with Gasteiger partial charge in [0.15, 0.2) is 5.96 Å². The smallest absolute Gasteiger partial charge is 0.337 e. The van der Waals surface area contributed by atoms with E-state index in [2.05, 4.69) is 9.98 Å². The third-order valence-corrected chi connectivity index (χ3v) is 4.42. The number of fused-ring (bicyclic) bond motifs is 1. The van der Waals surface area contributed by atoms with Gasteiger partial charge < -0.3 is 31.4 Å². The van der Waals surface area contributed by atoms with Crippen LogP contribution in [0.25, 0.3) is 5.52 Å². The van der Waals surface area contributed by atoms with E-state index in [4.69, 9.17) is 21.9 Å². The lowest BCUT2D eigenvalue weighted by molar-refractivity contribution is 0.0698. The summed E-state index contributed by atoms with van der Waals surface area (Å²) in [6.07, 6.45) is 1.74. The Hall–Kier alpha value is -4.34. The molecule has 3 aromatic rings. The van der Waals surface area contributed by atoms with Crippen molar-refractivity contribution in [3.05, 3.63) is 65.0 Å². The molecule has 10 nitrogen and oxygen atoms in total. The molecule has 0 radical (unpaired) electrons. The fourth-order valence-electron chi connectivity index (χ4n) is 3.20. The second kappa shape index (κ2) is 7.95. The maximum absolute atomic E-state index is 13.3. The average molecular weight is 408 g/mol. The molecule has 0 unspecified atom stereocenters. The van der Waals surface area contributed by atoms with E-state index >= 15 is 0 Å². The van der Waals surface area contributed by atoms with Crippen LogP contribution in [0.1, 0.15) is 32.0 Å². The maximum Gasteiger partial charge on any atom is 0.337 e. The Morgan fingerprint density at radius 3 is 2.50 bits per heavy atom. The third-order valence-electron chi connectivity index (χ3n) is 4.42. The molecule has 0 amide bonds. The van der Waals surface area contributed by atoms with Gasteiger partial charge in [0.25, 0.3) is 0 Å². The molecule has 0 fully saturated rings. The number of aromatic carboxylic acids is 1. The summed E-state index contributed by atoms with van der Waals surface area (Å²) in [6.45, 7) is 1.77. The van der Waals surface area contributed by atoms with Gasteiger partial charge in [-0.05, 0) is 37.3 Å². The molecule has 0 saturated carbocycles. The van der Waals surface area contributed by atoms with Crippen LogP contribution >= 0.6 is 0 Å². The zero-order valence-corrected chi connectivity index (χ0v) is 16.3. The van der Waals surface area contributed by atoms with Crippen LogP contribution in [0.4, 0.5) is 5.69 Å². The van der Waals surface area contributed by atoms with Gasteiger partial charge in [0.2, 0.25) is 11.7 Å². The Bertz CT molecular complexity index is 1220. The second-order valence-electron chi connectivity index (χ2n) is 6.34. The summed E-state index contributed by atoms with van der Waals surface area (Å²) < 4.78 is 7.16. The number of guanidine groups is 2. The monoisotopic (exact) mass is 408 g/mol. The van der Waals surface area contributed by atoms with Crippen LogP contribution < -0.4 is 21.9 Å². The predicted molar refractivity (Wildman–Crippen MR) is 113 cm³/mol. The minimum absolute atomic E-state index is 0.0101. The highest BCUT2D eigenvalue weighted by Crippen LogP contribution is 2.32. The van der Waals surface area contributed by atoms with Crippen LogP contribution in [0.15, 0.2) is 52.6 Å². The molecule has 2 heterocycles. The molecule has 0 aliphatic heterocycles. The first-order valence-electron chi connectivity index (χ1n) is 8.74. The van der Waals surface area contributed by atoms with Gasteiger partial charge in [0.1, 0.15) is 11.4 Å². The van der Waals surface area contributed by atoms with E-state index in [1.165, 1.54) is 25.3 Å². The number of nitrogens with zero attached hydrogens (tertiary/aromatic N) is 3. The van der Waals surface area contributed by atoms with Gasteiger partial charge in [-0.1, -0.05) is 6.07 Å². The summed E-state index contributed by atoms with van der Waals surface area (Å²) in [5, 5.41) is 9.57. The summed E-state index contributed by atoms with van der Waals surface area (Å²) in [5.74, 6) is -1.70. The highest BCUT2D eigenvalue weighted by molar-refractivity contribution is 6.12. The average Bonchev–Trinajstić information content (AvgIpc) is 2.97. The number of ether oxygens (including phenoxy) is 1. The number of carboxylic acids is 1. The number of pyridine rings is 1. The van der Waals surface area contributed by atoms with Crippen molar-refractivity contribution in [3.63, 3.8) is 0 Å². The van der Waals surface area contributed by atoms with Crippen molar-refractivity contribution in [1.82, 2.24) is 4.40 Å². The molecule has 7 N–H and O–H groups in total. The Morgan fingerprint density at radius 2 is 1.87 bits per heavy atom. The van der Waals surface area contributed by atoms with E-state index in [0.29, 0.717) is 17.0 Å². The molecule has 1 aromatic carbocycles. The number of methoxy groups -OCH3 is 1. The molecule has 0 bridgehead atoms. The SMILES string of the molecule is COc1c(C)c(C(=O)c2ccc(N=C(N)N=C(N)N)c(C(=O)O)c2)n2ccccc12. The lowest BCUT2D eigenvalue weighted by atomic mass is 10.0. The molecule has 0 saturated heterocycles. The highest BCUT2D eigenvalue weighted by atomic mass is 16.5. The number of carbonyl (C=O) groups is 2. The summed E-state index contributed by atoms with van der Waals surface area (Å²) in [6, 6.07) is 9.52. The normalized spacial score (nSPS) is 11.3. The first kappa shape index (κ1) is 20.4. The van der Waals surface area contributed by atoms with Crippen molar-refractivity contribution < 1.29 is 19.4 Å². The Morgan fingerprint density at radius 1 is 1.13 bits per heavy atom. The number of ketones is 1. The lowest BCUT2D eigenvalue weighted by Crippen LogP contribution is -2.26. The van der Waals surface area contributed by atoms with E-state index in [9.17, 15) is 14.7 Å². The van der Waals surface area contributed by atoms with Gasteiger partial charge in [-0.15, -0.1) is 0 Å². The number of rotatable bonds is 5. The van der Waals surface area contributed by atoms with Crippen LogP contribution in [0.5, 0.6) is 5.75 Å². The first-order chi connectivity index (χ1) is 14.2. The van der Waals surface area contributed by atoms with Gasteiger partial charge in [0.05, 0.1) is 23.9 Å². The number of benzene rings is 1. The standard InChI is InChI=1S/C20H20N6O4/c1-10-15(26-8-4-3-5-14(26)17(10)30-2)16(27)11-6-7-13(12(9-11)18(28)29)24-20(23)25-19(21)22/h3-9H,1-2H3,(H,28,29)(H6,21,22,23,24,25). The van der Waals surface area contributed by atoms with Crippen LogP contribution in [-0.4, -0.2) is 40.3 Å². The van der Waals surface area contributed by atoms with Gasteiger partial charge in [-0.2, -0.15) is 4.99 Å². The predicted octanol–water partition coefficient (Wildman–Crippen LogP) is 1.41. The van der Waals surface area contributed by atoms with Gasteiger partial charge >= 0.3 is 5.97 Å². The van der Waals surface area contributed by atoms with Crippen LogP contribution in [-0.2, 0) is 0 Å². The minimum Gasteiger partial charge on any atom is -0.494 e. The molecule has 10 heteroatoms. The van der Waals surface area contributed by atoms with Crippen molar-refractivity contribution in [2.75, 3.05) is 7.11 Å². The maximum atomic E-state index is 13.3. The molecule has 30 heavy (non-hydrogen) atoms. The zero-order chi connectivity index (χ0) is 22.0. The third kappa shape index (κ3) is 3.65. The fraction of sp³-hybridized carbons (Fsp3) is 0.100. The van der Waals surface area contributed by atoms with Crippen molar-refractivity contribution in [3.8, 4) is 5.75 Å². The number of nitrogens with two attached hydrogens (primary N) is 3. The van der Waals surface area contributed by atoms with Crippen LogP contribution in [0.3, 0.4) is 0 Å². The van der Waals surface area contributed by atoms with E-state index in [-0.39, 0.29) is 34.5 Å². The topological polar surface area (TPSA) is 171 Å². The number of aromatic nitrogens is 1. The summed E-state index contributed by atoms with van der Waals surface area (Å²) in [4.78, 5) is 32.5. The molecule has 0 atom stereocenters. The summed E-state index contributed by atoms with van der Waals surface area (Å²) in [7, 11) is 1.53. The Kier molecular flexibility index (Phi) is 5.41. The molecule has 0 spiro atoms. The first-order valence-corrected chi connectivity index (χ1v) is 8.74. The molecule has 0 aliphatic carbocycles. The zero-order valence-electron chi connectivity index (χ0n) is 16.3. The summed E-state index contributed by atoms with van der Waals surface area (Å²) in [5.41, 5.74) is 17.8. The highest BCUT2D eigenvalue weighted by Gasteiger charge is 2.23. The van der Waals surface area contributed by atoms with Gasteiger partial charge in [0, 0.05) is 17.3 Å². The Balaban J connectivity index is 2.14. The van der Waals surface area contributed by atoms with E-state index < -0.39 is 5.97 Å².